The predicted molar refractivity (Wildman–Crippen MR) is 141 cm³/mol. The van der Waals surface area contributed by atoms with Crippen LogP contribution in [-0.2, 0) is 17.4 Å². The Hall–Kier alpha value is -3.20. The number of carboxylic acid groups (broad SMARTS) is 1. The minimum atomic E-state index is -4.36. The molecule has 1 aromatic heterocycles. The van der Waals surface area contributed by atoms with Crippen LogP contribution in [0.3, 0.4) is 0 Å². The van der Waals surface area contributed by atoms with E-state index >= 15 is 4.39 Å². The zero-order valence-corrected chi connectivity index (χ0v) is 22.0. The van der Waals surface area contributed by atoms with E-state index in [0.29, 0.717) is 60.1 Å². The number of benzene rings is 2. The van der Waals surface area contributed by atoms with Crippen LogP contribution in [0, 0.1) is 11.8 Å². The lowest BCUT2D eigenvalue weighted by molar-refractivity contribution is -0.139. The van der Waals surface area contributed by atoms with Gasteiger partial charge in [0.05, 0.1) is 18.2 Å². The number of carboxylic acids is 1. The SMILES string of the molecule is COc1ccc2nccc([C@H](F)CC[C@@H]3CCN(CCCc4cccc(C(F)(F)F)c4)C[C@@H]3CC(=O)O)c2c1. The fourth-order valence-electron chi connectivity index (χ4n) is 5.67. The standard InChI is InChI=1S/C30H34F4N2O3/c1-39-24-8-10-28-26(18-24)25(11-13-35-28)27(31)9-7-21-12-15-36(19-22(21)17-29(37)38)14-3-5-20-4-2-6-23(16-20)30(32,33)34/h2,4,6,8,10-11,13,16,18,21-22,27H,3,5,7,9,12,14-15,17,19H2,1H3,(H,37,38)/t21-,22+,27-/m1/s1. The van der Waals surface area contributed by atoms with Gasteiger partial charge in [0.1, 0.15) is 11.9 Å². The normalized spacial score (nSPS) is 19.2. The number of aromatic nitrogens is 1. The second-order valence-electron chi connectivity index (χ2n) is 10.3. The highest BCUT2D eigenvalue weighted by atomic mass is 19.4. The van der Waals surface area contributed by atoms with E-state index < -0.39 is 23.9 Å². The molecule has 1 N–H and O–H groups in total. The second kappa shape index (κ2) is 12.8. The minimum Gasteiger partial charge on any atom is -0.497 e. The molecule has 0 spiro atoms. The zero-order valence-electron chi connectivity index (χ0n) is 22.0. The van der Waals surface area contributed by atoms with Crippen LogP contribution >= 0.6 is 0 Å². The Morgan fingerprint density at radius 2 is 2.00 bits per heavy atom. The van der Waals surface area contributed by atoms with Crippen molar-refractivity contribution >= 4 is 16.9 Å². The molecule has 5 nitrogen and oxygen atoms in total. The molecule has 2 aromatic carbocycles. The first kappa shape index (κ1) is 28.8. The van der Waals surface area contributed by atoms with Crippen molar-refractivity contribution in [3.63, 3.8) is 0 Å². The van der Waals surface area contributed by atoms with E-state index in [9.17, 15) is 23.1 Å². The Bertz CT molecular complexity index is 1270. The van der Waals surface area contributed by atoms with E-state index in [1.54, 1.807) is 43.6 Å². The highest BCUT2D eigenvalue weighted by Gasteiger charge is 2.32. The van der Waals surface area contributed by atoms with Crippen LogP contribution in [0.5, 0.6) is 5.75 Å². The number of piperidine rings is 1. The summed E-state index contributed by atoms with van der Waals surface area (Å²) in [5, 5.41) is 10.2. The number of methoxy groups -OCH3 is 1. The summed E-state index contributed by atoms with van der Waals surface area (Å²) >= 11 is 0. The molecule has 0 amide bonds. The van der Waals surface area contributed by atoms with E-state index in [0.717, 1.165) is 19.0 Å². The van der Waals surface area contributed by atoms with Crippen molar-refractivity contribution in [3.05, 3.63) is 71.4 Å². The van der Waals surface area contributed by atoms with Gasteiger partial charge in [-0.1, -0.05) is 18.2 Å². The van der Waals surface area contributed by atoms with Crippen molar-refractivity contribution in [1.29, 1.82) is 0 Å². The molecule has 4 rings (SSSR count). The molecular formula is C30H34F4N2O3. The van der Waals surface area contributed by atoms with Gasteiger partial charge in [0.25, 0.3) is 0 Å². The van der Waals surface area contributed by atoms with Crippen LogP contribution < -0.4 is 4.74 Å². The molecule has 0 unspecified atom stereocenters. The molecule has 1 aliphatic heterocycles. The summed E-state index contributed by atoms with van der Waals surface area (Å²) in [6.45, 7) is 2.03. The maximum absolute atomic E-state index is 15.5. The fraction of sp³-hybridized carbons (Fsp3) is 0.467. The molecule has 0 radical (unpaired) electrons. The predicted octanol–water partition coefficient (Wildman–Crippen LogP) is 7.10. The van der Waals surface area contributed by atoms with Gasteiger partial charge >= 0.3 is 12.1 Å². The molecule has 0 bridgehead atoms. The van der Waals surface area contributed by atoms with E-state index in [-0.39, 0.29) is 24.7 Å². The molecule has 39 heavy (non-hydrogen) atoms. The van der Waals surface area contributed by atoms with Gasteiger partial charge in [0.15, 0.2) is 0 Å². The molecule has 1 saturated heterocycles. The Balaban J connectivity index is 1.33. The van der Waals surface area contributed by atoms with Crippen LogP contribution in [0.4, 0.5) is 17.6 Å². The monoisotopic (exact) mass is 546 g/mol. The average molecular weight is 547 g/mol. The Morgan fingerprint density at radius 3 is 2.74 bits per heavy atom. The maximum atomic E-state index is 15.5. The average Bonchev–Trinajstić information content (AvgIpc) is 2.91. The number of ether oxygens (including phenoxy) is 1. The van der Waals surface area contributed by atoms with E-state index in [1.807, 2.05) is 0 Å². The van der Waals surface area contributed by atoms with Crippen molar-refractivity contribution in [2.45, 2.75) is 50.9 Å². The molecular weight excluding hydrogens is 512 g/mol. The number of hydrogen-bond donors (Lipinski definition) is 1. The molecule has 0 saturated carbocycles. The Kier molecular flexibility index (Phi) is 9.43. The van der Waals surface area contributed by atoms with Gasteiger partial charge in [-0.25, -0.2) is 4.39 Å². The third kappa shape index (κ3) is 7.68. The first-order valence-corrected chi connectivity index (χ1v) is 13.3. The summed E-state index contributed by atoms with van der Waals surface area (Å²) in [7, 11) is 1.56. The van der Waals surface area contributed by atoms with Gasteiger partial charge in [0.2, 0.25) is 0 Å². The Morgan fingerprint density at radius 1 is 1.18 bits per heavy atom. The number of rotatable bonds is 11. The van der Waals surface area contributed by atoms with Gasteiger partial charge in [-0.2, -0.15) is 13.2 Å². The van der Waals surface area contributed by atoms with E-state index in [4.69, 9.17) is 4.74 Å². The van der Waals surface area contributed by atoms with Crippen LogP contribution in [0.1, 0.15) is 55.0 Å². The first-order chi connectivity index (χ1) is 18.6. The van der Waals surface area contributed by atoms with Crippen molar-refractivity contribution in [2.24, 2.45) is 11.8 Å². The second-order valence-corrected chi connectivity index (χ2v) is 10.3. The molecule has 3 atom stereocenters. The number of fused-ring (bicyclic) bond motifs is 1. The Labute approximate surface area is 225 Å². The summed E-state index contributed by atoms with van der Waals surface area (Å²) < 4.78 is 59.7. The third-order valence-electron chi connectivity index (χ3n) is 7.72. The number of alkyl halides is 4. The van der Waals surface area contributed by atoms with Crippen molar-refractivity contribution in [2.75, 3.05) is 26.7 Å². The molecule has 210 valence electrons. The number of aryl methyl sites for hydroxylation is 1. The molecule has 9 heteroatoms. The molecule has 3 aromatic rings. The van der Waals surface area contributed by atoms with Crippen LogP contribution in [0.15, 0.2) is 54.7 Å². The van der Waals surface area contributed by atoms with Gasteiger partial charge in [-0.05, 0) is 98.5 Å². The smallest absolute Gasteiger partial charge is 0.416 e. The topological polar surface area (TPSA) is 62.7 Å². The van der Waals surface area contributed by atoms with E-state index in [2.05, 4.69) is 9.88 Å². The van der Waals surface area contributed by atoms with Crippen molar-refractivity contribution in [3.8, 4) is 5.75 Å². The highest BCUT2D eigenvalue weighted by molar-refractivity contribution is 5.83. The summed E-state index contributed by atoms with van der Waals surface area (Å²) in [6.07, 6.45) is -1.14. The van der Waals surface area contributed by atoms with Crippen molar-refractivity contribution in [1.82, 2.24) is 9.88 Å². The van der Waals surface area contributed by atoms with Crippen molar-refractivity contribution < 1.29 is 32.2 Å². The van der Waals surface area contributed by atoms with Gasteiger partial charge < -0.3 is 14.7 Å². The lowest BCUT2D eigenvalue weighted by Crippen LogP contribution is -2.42. The number of nitrogens with zero attached hydrogens (tertiary/aromatic N) is 2. The quantitative estimate of drug-likeness (QED) is 0.260. The molecule has 2 heterocycles. The lowest BCUT2D eigenvalue weighted by Gasteiger charge is -2.38. The summed E-state index contributed by atoms with van der Waals surface area (Å²) in [6, 6.07) is 12.5. The first-order valence-electron chi connectivity index (χ1n) is 13.3. The summed E-state index contributed by atoms with van der Waals surface area (Å²) in [5.74, 6) is -0.265. The minimum absolute atomic E-state index is 0.0150. The van der Waals surface area contributed by atoms with E-state index in [1.165, 1.54) is 12.1 Å². The number of carbonyl (C=O) groups is 1. The van der Waals surface area contributed by atoms with Crippen LogP contribution in [0.25, 0.3) is 10.9 Å². The summed E-state index contributed by atoms with van der Waals surface area (Å²) in [4.78, 5) is 18.1. The lowest BCUT2D eigenvalue weighted by atomic mass is 9.79. The number of likely N-dealkylation sites (tertiary alicyclic amines) is 1. The number of pyridine rings is 1. The highest BCUT2D eigenvalue weighted by Crippen LogP contribution is 2.36. The number of aliphatic carboxylic acids is 1. The number of hydrogen-bond acceptors (Lipinski definition) is 4. The van der Waals surface area contributed by atoms with Gasteiger partial charge in [-0.15, -0.1) is 0 Å². The molecule has 1 fully saturated rings. The largest absolute Gasteiger partial charge is 0.497 e. The third-order valence-corrected chi connectivity index (χ3v) is 7.72. The van der Waals surface area contributed by atoms with Gasteiger partial charge in [0, 0.05) is 24.5 Å². The van der Waals surface area contributed by atoms with Gasteiger partial charge in [-0.3, -0.25) is 9.78 Å². The summed E-state index contributed by atoms with van der Waals surface area (Å²) in [5.41, 5.74) is 1.24. The zero-order chi connectivity index (χ0) is 28.0. The molecule has 0 aliphatic carbocycles. The number of halogens is 4. The fourth-order valence-corrected chi connectivity index (χ4v) is 5.67. The maximum Gasteiger partial charge on any atom is 0.416 e. The van der Waals surface area contributed by atoms with Crippen LogP contribution in [0.2, 0.25) is 0 Å². The van der Waals surface area contributed by atoms with Crippen LogP contribution in [-0.4, -0.2) is 47.7 Å². The molecule has 1 aliphatic rings.